The lowest BCUT2D eigenvalue weighted by Crippen LogP contribution is -2.38. The van der Waals surface area contributed by atoms with Crippen molar-refractivity contribution in [2.24, 2.45) is 4.99 Å². The third-order valence-corrected chi connectivity index (χ3v) is 5.97. The molecule has 0 aromatic heterocycles. The van der Waals surface area contributed by atoms with Crippen LogP contribution < -0.4 is 4.74 Å². The Morgan fingerprint density at radius 1 is 0.581 bits per heavy atom. The summed E-state index contributed by atoms with van der Waals surface area (Å²) in [7, 11) is 0. The number of hydrogen-bond acceptors (Lipinski definition) is 2. The maximum Gasteiger partial charge on any atom is 0.194 e. The van der Waals surface area contributed by atoms with Gasteiger partial charge in [0.15, 0.2) is 11.4 Å². The first-order valence-electron chi connectivity index (χ1n) is 10.3. The molecule has 1 unspecified atom stereocenters. The molecular weight excluding hydrogens is 385 g/mol. The highest BCUT2D eigenvalue weighted by Gasteiger charge is 2.39. The molecule has 31 heavy (non-hydrogen) atoms. The van der Waals surface area contributed by atoms with Crippen molar-refractivity contribution in [3.63, 3.8) is 0 Å². The van der Waals surface area contributed by atoms with Crippen molar-refractivity contribution in [2.75, 3.05) is 0 Å². The molecule has 0 saturated carbocycles. The molecular formula is C28H18FNO. The van der Waals surface area contributed by atoms with E-state index >= 15 is 0 Å². The van der Waals surface area contributed by atoms with Gasteiger partial charge in [-0.05, 0) is 22.9 Å². The summed E-state index contributed by atoms with van der Waals surface area (Å²) in [4.78, 5) is 4.96. The fraction of sp³-hybridized carbons (Fsp3) is 0.0357. The third-order valence-electron chi connectivity index (χ3n) is 5.97. The summed E-state index contributed by atoms with van der Waals surface area (Å²) in [5.41, 5.74) is 1.63. The number of hydrogen-bond donors (Lipinski definition) is 0. The molecule has 0 spiro atoms. The summed E-state index contributed by atoms with van der Waals surface area (Å²) in [5, 5.41) is 4.32. The number of rotatable bonds is 2. The number of nitrogens with zero attached hydrogens (tertiary/aromatic N) is 1. The SMILES string of the molecule is Fc1ccc(C2(c3ccccc3)C=Nc3c(c4ccccc4c4ccccc34)O2)cc1. The zero-order valence-corrected chi connectivity index (χ0v) is 16.6. The molecule has 0 bridgehead atoms. The van der Waals surface area contributed by atoms with Crippen LogP contribution in [0.3, 0.4) is 0 Å². The summed E-state index contributed by atoms with van der Waals surface area (Å²) in [6.45, 7) is 0. The Balaban J connectivity index is 1.69. The molecule has 0 amide bonds. The molecule has 5 aromatic rings. The maximum atomic E-state index is 13.7. The van der Waals surface area contributed by atoms with Gasteiger partial charge in [-0.3, -0.25) is 4.99 Å². The normalized spacial score (nSPS) is 17.5. The first-order valence-corrected chi connectivity index (χ1v) is 10.3. The molecule has 6 rings (SSSR count). The Morgan fingerprint density at radius 2 is 1.13 bits per heavy atom. The molecule has 3 heteroatoms. The van der Waals surface area contributed by atoms with E-state index in [0.717, 1.165) is 44.1 Å². The predicted molar refractivity (Wildman–Crippen MR) is 124 cm³/mol. The minimum atomic E-state index is -0.951. The summed E-state index contributed by atoms with van der Waals surface area (Å²) in [5.74, 6) is 0.460. The highest BCUT2D eigenvalue weighted by Crippen LogP contribution is 2.49. The first-order chi connectivity index (χ1) is 15.3. The fourth-order valence-electron chi connectivity index (χ4n) is 4.48. The molecule has 5 aromatic carbocycles. The van der Waals surface area contributed by atoms with E-state index in [1.807, 2.05) is 60.8 Å². The van der Waals surface area contributed by atoms with E-state index in [4.69, 9.17) is 9.73 Å². The fourth-order valence-corrected chi connectivity index (χ4v) is 4.48. The molecule has 148 valence electrons. The van der Waals surface area contributed by atoms with Gasteiger partial charge in [0, 0.05) is 21.9 Å². The molecule has 1 aliphatic heterocycles. The van der Waals surface area contributed by atoms with E-state index in [9.17, 15) is 4.39 Å². The number of aliphatic imine (C=N–C) groups is 1. The Hall–Kier alpha value is -3.98. The molecule has 2 nitrogen and oxygen atoms in total. The van der Waals surface area contributed by atoms with Crippen LogP contribution in [0.15, 0.2) is 108 Å². The molecule has 0 aliphatic carbocycles. The first kappa shape index (κ1) is 17.8. The summed E-state index contributed by atoms with van der Waals surface area (Å²) < 4.78 is 20.6. The Kier molecular flexibility index (Phi) is 3.90. The van der Waals surface area contributed by atoms with E-state index in [1.54, 1.807) is 12.1 Å². The van der Waals surface area contributed by atoms with Crippen LogP contribution in [0, 0.1) is 5.82 Å². The average molecular weight is 403 g/mol. The lowest BCUT2D eigenvalue weighted by molar-refractivity contribution is 0.190. The lowest BCUT2D eigenvalue weighted by Gasteiger charge is -2.36. The van der Waals surface area contributed by atoms with Crippen molar-refractivity contribution < 1.29 is 9.13 Å². The Labute approximate surface area is 179 Å². The van der Waals surface area contributed by atoms with Crippen molar-refractivity contribution in [1.82, 2.24) is 0 Å². The van der Waals surface area contributed by atoms with Crippen LogP contribution in [0.2, 0.25) is 0 Å². The van der Waals surface area contributed by atoms with E-state index < -0.39 is 5.60 Å². The zero-order chi connectivity index (χ0) is 20.8. The van der Waals surface area contributed by atoms with Crippen molar-refractivity contribution in [2.45, 2.75) is 5.60 Å². The maximum absolute atomic E-state index is 13.7. The predicted octanol–water partition coefficient (Wildman–Crippen LogP) is 7.17. The van der Waals surface area contributed by atoms with E-state index in [0.29, 0.717) is 0 Å². The molecule has 1 heterocycles. The van der Waals surface area contributed by atoms with Gasteiger partial charge >= 0.3 is 0 Å². The smallest absolute Gasteiger partial charge is 0.194 e. The molecule has 0 radical (unpaired) electrons. The van der Waals surface area contributed by atoms with Gasteiger partial charge in [0.05, 0.1) is 6.21 Å². The van der Waals surface area contributed by atoms with Crippen molar-refractivity contribution in [3.8, 4) is 5.75 Å². The van der Waals surface area contributed by atoms with E-state index in [1.165, 1.54) is 12.1 Å². The third kappa shape index (κ3) is 2.67. The van der Waals surface area contributed by atoms with Crippen LogP contribution in [0.25, 0.3) is 21.5 Å². The summed E-state index contributed by atoms with van der Waals surface area (Å²) in [6.07, 6.45) is 1.85. The quantitative estimate of drug-likeness (QED) is 0.286. The topological polar surface area (TPSA) is 21.6 Å². The number of ether oxygens (including phenoxy) is 1. The highest BCUT2D eigenvalue weighted by atomic mass is 19.1. The van der Waals surface area contributed by atoms with Gasteiger partial charge in [0.2, 0.25) is 0 Å². The van der Waals surface area contributed by atoms with Crippen molar-refractivity contribution >= 4 is 33.4 Å². The largest absolute Gasteiger partial charge is 0.469 e. The second kappa shape index (κ2) is 6.78. The number of halogens is 1. The molecule has 0 N–H and O–H groups in total. The highest BCUT2D eigenvalue weighted by molar-refractivity contribution is 6.17. The van der Waals surface area contributed by atoms with Crippen LogP contribution in [0.1, 0.15) is 11.1 Å². The van der Waals surface area contributed by atoms with Gasteiger partial charge in [-0.2, -0.15) is 0 Å². The second-order valence-corrected chi connectivity index (χ2v) is 7.74. The second-order valence-electron chi connectivity index (χ2n) is 7.74. The van der Waals surface area contributed by atoms with Crippen LogP contribution in [-0.2, 0) is 5.60 Å². The Morgan fingerprint density at radius 3 is 1.84 bits per heavy atom. The molecule has 0 fully saturated rings. The van der Waals surface area contributed by atoms with Crippen molar-refractivity contribution in [3.05, 3.63) is 120 Å². The van der Waals surface area contributed by atoms with Gasteiger partial charge in [-0.1, -0.05) is 91.0 Å². The summed E-state index contributed by atoms with van der Waals surface area (Å²) >= 11 is 0. The van der Waals surface area contributed by atoms with Gasteiger partial charge in [-0.25, -0.2) is 4.39 Å². The monoisotopic (exact) mass is 403 g/mol. The Bertz CT molecular complexity index is 1460. The van der Waals surface area contributed by atoms with E-state index in [2.05, 4.69) is 24.3 Å². The molecule has 0 saturated heterocycles. The minimum absolute atomic E-state index is 0.281. The van der Waals surface area contributed by atoms with Crippen LogP contribution in [-0.4, -0.2) is 6.21 Å². The van der Waals surface area contributed by atoms with Gasteiger partial charge in [-0.15, -0.1) is 0 Å². The molecule has 1 aliphatic rings. The minimum Gasteiger partial charge on any atom is -0.469 e. The number of benzene rings is 5. The van der Waals surface area contributed by atoms with Gasteiger partial charge in [0.25, 0.3) is 0 Å². The van der Waals surface area contributed by atoms with Gasteiger partial charge < -0.3 is 4.74 Å². The van der Waals surface area contributed by atoms with Crippen LogP contribution in [0.5, 0.6) is 5.75 Å². The molecule has 1 atom stereocenters. The van der Waals surface area contributed by atoms with Crippen LogP contribution >= 0.6 is 0 Å². The van der Waals surface area contributed by atoms with Crippen LogP contribution in [0.4, 0.5) is 10.1 Å². The zero-order valence-electron chi connectivity index (χ0n) is 16.6. The summed E-state index contributed by atoms with van der Waals surface area (Å²) in [6, 6.07) is 32.9. The number of fused-ring (bicyclic) bond motifs is 6. The van der Waals surface area contributed by atoms with Crippen molar-refractivity contribution in [1.29, 1.82) is 0 Å². The van der Waals surface area contributed by atoms with E-state index in [-0.39, 0.29) is 5.82 Å². The lowest BCUT2D eigenvalue weighted by atomic mass is 9.85. The average Bonchev–Trinajstić information content (AvgIpc) is 2.85. The van der Waals surface area contributed by atoms with Gasteiger partial charge in [0.1, 0.15) is 11.5 Å². The standard InChI is InChI=1S/C28H18FNO/c29-21-16-14-20(15-17-21)28(19-8-2-1-3-9-19)18-30-26-24-12-6-4-10-22(24)23-11-5-7-13-25(23)27(26)31-28/h1-18H.